The van der Waals surface area contributed by atoms with Crippen LogP contribution in [-0.4, -0.2) is 12.8 Å². The second-order valence-electron chi connectivity index (χ2n) is 8.27. The Morgan fingerprint density at radius 3 is 1.36 bits per heavy atom. The van der Waals surface area contributed by atoms with Gasteiger partial charge in [0.2, 0.25) is 0 Å². The molecule has 0 aliphatic heterocycles. The van der Waals surface area contributed by atoms with Crippen LogP contribution in [0.4, 0.5) is 0 Å². The minimum absolute atomic E-state index is 1.09. The summed E-state index contributed by atoms with van der Waals surface area (Å²) < 4.78 is 3.00. The minimum atomic E-state index is -2.41. The molecule has 33 heavy (non-hydrogen) atoms. The molecule has 0 unspecified atom stereocenters. The third-order valence-corrected chi connectivity index (χ3v) is 14.5. The van der Waals surface area contributed by atoms with Gasteiger partial charge < -0.3 is 0 Å². The topological polar surface area (TPSA) is 0 Å². The summed E-state index contributed by atoms with van der Waals surface area (Å²) in [4.78, 5) is 0. The summed E-state index contributed by atoms with van der Waals surface area (Å²) in [5.74, 6) is 0. The summed E-state index contributed by atoms with van der Waals surface area (Å²) in [6, 6.07) is 54.0. The molecule has 1 radical (unpaired) electrons. The van der Waals surface area contributed by atoms with Crippen LogP contribution in [0.5, 0.6) is 0 Å². The summed E-state index contributed by atoms with van der Waals surface area (Å²) in [5, 5.41) is 2.19. The molecule has 0 saturated heterocycles. The normalized spacial score (nSPS) is 11.8. The Morgan fingerprint density at radius 2 is 0.848 bits per heavy atom. The maximum absolute atomic E-state index is 3.12. The van der Waals surface area contributed by atoms with Crippen molar-refractivity contribution in [1.29, 1.82) is 0 Å². The predicted octanol–water partition coefficient (Wildman–Crippen LogP) is 6.28. The molecule has 0 atom stereocenters. The van der Waals surface area contributed by atoms with Gasteiger partial charge in [0, 0.05) is 0 Å². The van der Waals surface area contributed by atoms with E-state index in [-0.39, 0.29) is 0 Å². The third-order valence-electron chi connectivity index (χ3n) is 6.06. The average Bonchev–Trinajstić information content (AvgIpc) is 2.91. The molecule has 0 aromatic heterocycles. The van der Waals surface area contributed by atoms with E-state index in [2.05, 4.69) is 133 Å². The van der Waals surface area contributed by atoms with Crippen molar-refractivity contribution < 1.29 is 0 Å². The van der Waals surface area contributed by atoms with Crippen molar-refractivity contribution in [2.75, 3.05) is 0 Å². The molecule has 0 bridgehead atoms. The molecule has 0 fully saturated rings. The van der Waals surface area contributed by atoms with Crippen LogP contribution in [0.25, 0.3) is 11.1 Å². The summed E-state index contributed by atoms with van der Waals surface area (Å²) in [6.07, 6.45) is 0. The van der Waals surface area contributed by atoms with E-state index < -0.39 is 12.8 Å². The Labute approximate surface area is 199 Å². The standard InChI is InChI=1S/C32H27Se/c1-5-13-27(14-6-1)25-33(31-19-11-4-12-20-31,26-28-15-7-2-8-16-28)32-23-21-30(22-24-32)29-17-9-3-10-18-29/h1-2,4-24H,25-26H2. The monoisotopic (exact) mass is 491 g/mol. The van der Waals surface area contributed by atoms with Crippen LogP contribution >= 0.6 is 0 Å². The van der Waals surface area contributed by atoms with Gasteiger partial charge in [0.15, 0.2) is 0 Å². The molecule has 1 heteroatoms. The Bertz CT molecular complexity index is 1220. The van der Waals surface area contributed by atoms with Crippen LogP contribution in [0.3, 0.4) is 0 Å². The van der Waals surface area contributed by atoms with Gasteiger partial charge in [0.1, 0.15) is 0 Å². The predicted molar refractivity (Wildman–Crippen MR) is 142 cm³/mol. The molecule has 0 spiro atoms. The quantitative estimate of drug-likeness (QED) is 0.236. The van der Waals surface area contributed by atoms with Crippen molar-refractivity contribution >= 4 is 21.8 Å². The first kappa shape index (κ1) is 21.5. The van der Waals surface area contributed by atoms with E-state index in [0.717, 1.165) is 10.6 Å². The maximum atomic E-state index is 3.12. The van der Waals surface area contributed by atoms with Gasteiger partial charge >= 0.3 is 200 Å². The summed E-state index contributed by atoms with van der Waals surface area (Å²) in [5.41, 5.74) is 5.33. The molecule has 5 rings (SSSR count). The number of hydrogen-bond acceptors (Lipinski definition) is 0. The van der Waals surface area contributed by atoms with Gasteiger partial charge in [-0.3, -0.25) is 0 Å². The van der Waals surface area contributed by atoms with Crippen LogP contribution in [0.2, 0.25) is 0 Å². The van der Waals surface area contributed by atoms with Gasteiger partial charge in [-0.25, -0.2) is 0 Å². The fourth-order valence-electron chi connectivity index (χ4n) is 4.41. The molecule has 0 nitrogen and oxygen atoms in total. The molecule has 0 saturated carbocycles. The molecule has 161 valence electrons. The molecule has 0 amide bonds. The van der Waals surface area contributed by atoms with Gasteiger partial charge in [0.25, 0.3) is 0 Å². The average molecular weight is 491 g/mol. The van der Waals surface area contributed by atoms with Gasteiger partial charge in [0.05, 0.1) is 0 Å². The first-order valence-electron chi connectivity index (χ1n) is 11.3. The van der Waals surface area contributed by atoms with E-state index in [0.29, 0.717) is 0 Å². The zero-order chi connectivity index (χ0) is 22.3. The Kier molecular flexibility index (Phi) is 6.53. The number of rotatable bonds is 7. The van der Waals surface area contributed by atoms with Crippen molar-refractivity contribution in [2.45, 2.75) is 10.6 Å². The molecule has 0 aliphatic rings. The summed E-state index contributed by atoms with van der Waals surface area (Å²) in [6.45, 7) is 0. The molecule has 0 heterocycles. The fraction of sp³-hybridized carbons (Fsp3) is 0.0625. The molecule has 5 aromatic carbocycles. The zero-order valence-electron chi connectivity index (χ0n) is 18.6. The number of hydrogen-bond donors (Lipinski definition) is 0. The van der Waals surface area contributed by atoms with Crippen LogP contribution < -0.4 is 8.92 Å². The van der Waals surface area contributed by atoms with Crippen molar-refractivity contribution in [1.82, 2.24) is 0 Å². The van der Waals surface area contributed by atoms with E-state index in [1.165, 1.54) is 31.2 Å². The van der Waals surface area contributed by atoms with Gasteiger partial charge in [-0.2, -0.15) is 0 Å². The van der Waals surface area contributed by atoms with Crippen molar-refractivity contribution in [2.24, 2.45) is 0 Å². The fourth-order valence-corrected chi connectivity index (χ4v) is 12.6. The van der Waals surface area contributed by atoms with Gasteiger partial charge in [-0.15, -0.1) is 0 Å². The van der Waals surface area contributed by atoms with Crippen LogP contribution in [-0.2, 0) is 10.6 Å². The molecular weight excluding hydrogens is 463 g/mol. The van der Waals surface area contributed by atoms with Crippen molar-refractivity contribution in [3.8, 4) is 11.1 Å². The first-order valence-corrected chi connectivity index (χ1v) is 15.5. The second kappa shape index (κ2) is 10.0. The third kappa shape index (κ3) is 4.86. The van der Waals surface area contributed by atoms with Crippen LogP contribution in [0, 0.1) is 6.07 Å². The first-order chi connectivity index (χ1) is 16.3. The van der Waals surface area contributed by atoms with Crippen LogP contribution in [0.1, 0.15) is 11.1 Å². The molecular formula is C32H27Se. The second-order valence-corrected chi connectivity index (χ2v) is 15.2. The number of benzene rings is 5. The molecule has 5 aromatic rings. The van der Waals surface area contributed by atoms with Crippen molar-refractivity contribution in [3.63, 3.8) is 0 Å². The Balaban J connectivity index is 1.66. The SMILES string of the molecule is [c]1ccc(-c2ccc([Se](Cc3ccccc3)(Cc3ccccc3)c3ccccc3)cc2)cc1. The molecule has 0 aliphatic carbocycles. The Hall–Kier alpha value is -3.38. The van der Waals surface area contributed by atoms with E-state index in [1.807, 2.05) is 12.1 Å². The van der Waals surface area contributed by atoms with E-state index in [9.17, 15) is 0 Å². The zero-order valence-corrected chi connectivity index (χ0v) is 20.3. The van der Waals surface area contributed by atoms with E-state index in [4.69, 9.17) is 0 Å². The van der Waals surface area contributed by atoms with Gasteiger partial charge in [-0.1, -0.05) is 0 Å². The van der Waals surface area contributed by atoms with E-state index in [1.54, 1.807) is 0 Å². The summed E-state index contributed by atoms with van der Waals surface area (Å²) in [7, 11) is 0. The molecule has 0 N–H and O–H groups in total. The summed E-state index contributed by atoms with van der Waals surface area (Å²) >= 11 is -2.41. The van der Waals surface area contributed by atoms with Crippen LogP contribution in [0.15, 0.2) is 140 Å². The van der Waals surface area contributed by atoms with Gasteiger partial charge in [-0.05, 0) is 0 Å². The van der Waals surface area contributed by atoms with Crippen molar-refractivity contribution in [3.05, 3.63) is 157 Å². The van der Waals surface area contributed by atoms with E-state index >= 15 is 0 Å². The Morgan fingerprint density at radius 1 is 0.424 bits per heavy atom.